The fourth-order valence-electron chi connectivity index (χ4n) is 3.58. The fraction of sp³-hybridized carbons (Fsp3) is 0.706. The molecule has 5 N–H and O–H groups in total. The SMILES string of the molecule is CCCOP(=O)(O)OC[C@H]1C[C@@H](n2cnc3c(=O)[nH]c(N)nc32)[C@@H]1COP(=O)(O)OCCC. The molecule has 5 atom stereocenters. The standard InChI is InChI=1S/C17H29N5O9P2/c1-3-5-28-32(24,25)30-8-11-7-13(12(11)9-31-33(26,27)29-6-4-2)22-10-19-14-15(22)20-17(18)21-16(14)23/h10-13H,3-9H2,1-2H3,(H,24,25)(H,26,27)(H3,18,20,21,23)/t11-,12-,13-/m1/s1. The highest BCUT2D eigenvalue weighted by Crippen LogP contribution is 2.52. The number of nitrogen functional groups attached to an aromatic ring is 1. The Bertz CT molecular complexity index is 1110. The molecule has 2 aromatic heterocycles. The van der Waals surface area contributed by atoms with E-state index in [1.165, 1.54) is 6.33 Å². The summed E-state index contributed by atoms with van der Waals surface area (Å²) in [6.45, 7) is 3.34. The maximum absolute atomic E-state index is 12.1. The Morgan fingerprint density at radius 1 is 1.12 bits per heavy atom. The summed E-state index contributed by atoms with van der Waals surface area (Å²) in [4.78, 5) is 42.4. The first-order valence-electron chi connectivity index (χ1n) is 10.5. The molecule has 0 amide bonds. The van der Waals surface area contributed by atoms with Crippen LogP contribution in [0.3, 0.4) is 0 Å². The van der Waals surface area contributed by atoms with E-state index in [1.807, 2.05) is 0 Å². The third-order valence-corrected chi connectivity index (χ3v) is 7.22. The summed E-state index contributed by atoms with van der Waals surface area (Å²) in [5.41, 5.74) is 5.51. The van der Waals surface area contributed by atoms with Crippen LogP contribution in [0.15, 0.2) is 11.1 Å². The number of imidazole rings is 1. The minimum atomic E-state index is -4.29. The average molecular weight is 509 g/mol. The molecule has 186 valence electrons. The Morgan fingerprint density at radius 3 is 2.33 bits per heavy atom. The summed E-state index contributed by atoms with van der Waals surface area (Å²) < 4.78 is 45.8. The number of aromatic nitrogens is 4. The highest BCUT2D eigenvalue weighted by Gasteiger charge is 2.45. The van der Waals surface area contributed by atoms with Crippen molar-refractivity contribution >= 4 is 32.8 Å². The third-order valence-electron chi connectivity index (χ3n) is 5.25. The topological polar surface area (TPSA) is 201 Å². The van der Waals surface area contributed by atoms with Crippen LogP contribution >= 0.6 is 15.6 Å². The van der Waals surface area contributed by atoms with Gasteiger partial charge in [-0.25, -0.2) is 14.1 Å². The number of phosphoric ester groups is 2. The molecule has 1 aliphatic rings. The van der Waals surface area contributed by atoms with E-state index in [0.29, 0.717) is 19.3 Å². The lowest BCUT2D eigenvalue weighted by molar-refractivity contribution is -0.0106. The molecule has 2 unspecified atom stereocenters. The summed E-state index contributed by atoms with van der Waals surface area (Å²) in [5, 5.41) is 0. The Morgan fingerprint density at radius 2 is 1.73 bits per heavy atom. The molecule has 16 heteroatoms. The molecule has 0 radical (unpaired) electrons. The number of fused-ring (bicyclic) bond motifs is 1. The lowest BCUT2D eigenvalue weighted by Gasteiger charge is -2.45. The molecule has 2 heterocycles. The first kappa shape index (κ1) is 26.0. The van der Waals surface area contributed by atoms with Gasteiger partial charge < -0.3 is 20.1 Å². The highest BCUT2D eigenvalue weighted by atomic mass is 31.2. The zero-order chi connectivity index (χ0) is 24.2. The van der Waals surface area contributed by atoms with Crippen LogP contribution in [0, 0.1) is 11.8 Å². The van der Waals surface area contributed by atoms with E-state index in [1.54, 1.807) is 18.4 Å². The summed E-state index contributed by atoms with van der Waals surface area (Å²) in [7, 11) is -8.52. The monoisotopic (exact) mass is 509 g/mol. The average Bonchev–Trinajstić information content (AvgIpc) is 3.13. The predicted octanol–water partition coefficient (Wildman–Crippen LogP) is 1.97. The van der Waals surface area contributed by atoms with E-state index in [-0.39, 0.29) is 55.5 Å². The van der Waals surface area contributed by atoms with Gasteiger partial charge in [0.05, 0.1) is 32.8 Å². The van der Waals surface area contributed by atoms with Crippen LogP contribution in [0.2, 0.25) is 0 Å². The van der Waals surface area contributed by atoms with Gasteiger partial charge in [0.1, 0.15) is 0 Å². The maximum Gasteiger partial charge on any atom is 0.472 e. The van der Waals surface area contributed by atoms with Crippen molar-refractivity contribution in [2.75, 3.05) is 32.2 Å². The van der Waals surface area contributed by atoms with E-state index in [2.05, 4.69) is 15.0 Å². The zero-order valence-electron chi connectivity index (χ0n) is 18.3. The molecular formula is C17H29N5O9P2. The van der Waals surface area contributed by atoms with Crippen LogP contribution in [0.4, 0.5) is 5.95 Å². The first-order chi connectivity index (χ1) is 15.6. The molecule has 1 aliphatic carbocycles. The Balaban J connectivity index is 1.78. The van der Waals surface area contributed by atoms with Crippen LogP contribution in [0.25, 0.3) is 11.2 Å². The van der Waals surface area contributed by atoms with Crippen LogP contribution < -0.4 is 11.3 Å². The molecule has 0 saturated heterocycles. The summed E-state index contributed by atoms with van der Waals surface area (Å²) in [6.07, 6.45) is 2.94. The number of anilines is 1. The van der Waals surface area contributed by atoms with E-state index in [4.69, 9.17) is 23.8 Å². The fourth-order valence-corrected chi connectivity index (χ4v) is 5.30. The maximum atomic E-state index is 12.1. The second-order valence-corrected chi connectivity index (χ2v) is 10.6. The number of nitrogens with one attached hydrogen (secondary N) is 1. The summed E-state index contributed by atoms with van der Waals surface area (Å²) >= 11 is 0. The molecular weight excluding hydrogens is 480 g/mol. The number of rotatable bonds is 13. The quantitative estimate of drug-likeness (QED) is 0.286. The van der Waals surface area contributed by atoms with Crippen molar-refractivity contribution in [3.05, 3.63) is 16.7 Å². The van der Waals surface area contributed by atoms with Crippen molar-refractivity contribution < 1.29 is 37.0 Å². The van der Waals surface area contributed by atoms with Gasteiger partial charge in [0, 0.05) is 12.0 Å². The normalized spacial score (nSPS) is 24.3. The zero-order valence-corrected chi connectivity index (χ0v) is 20.1. The van der Waals surface area contributed by atoms with Crippen molar-refractivity contribution in [1.29, 1.82) is 0 Å². The van der Waals surface area contributed by atoms with E-state index < -0.39 is 27.1 Å². The Hall–Kier alpha value is -1.63. The molecule has 0 bridgehead atoms. The number of H-pyrrole nitrogens is 1. The van der Waals surface area contributed by atoms with Gasteiger partial charge in [-0.05, 0) is 25.2 Å². The van der Waals surface area contributed by atoms with E-state index in [0.717, 1.165) is 0 Å². The Kier molecular flexibility index (Phi) is 8.46. The predicted molar refractivity (Wildman–Crippen MR) is 117 cm³/mol. The number of hydrogen-bond donors (Lipinski definition) is 4. The summed E-state index contributed by atoms with van der Waals surface area (Å²) in [6, 6.07) is -0.349. The van der Waals surface area contributed by atoms with E-state index in [9.17, 15) is 23.7 Å². The van der Waals surface area contributed by atoms with Crippen molar-refractivity contribution in [3.63, 3.8) is 0 Å². The van der Waals surface area contributed by atoms with Crippen LogP contribution in [-0.4, -0.2) is 55.7 Å². The molecule has 1 saturated carbocycles. The van der Waals surface area contributed by atoms with Gasteiger partial charge in [0.2, 0.25) is 5.95 Å². The molecule has 3 rings (SSSR count). The van der Waals surface area contributed by atoms with Gasteiger partial charge in [0.15, 0.2) is 11.2 Å². The third kappa shape index (κ3) is 6.49. The van der Waals surface area contributed by atoms with Crippen LogP contribution in [-0.2, 0) is 27.2 Å². The second-order valence-electron chi connectivity index (χ2n) is 7.70. The molecule has 0 spiro atoms. The van der Waals surface area contributed by atoms with Gasteiger partial charge >= 0.3 is 15.6 Å². The van der Waals surface area contributed by atoms with E-state index >= 15 is 0 Å². The van der Waals surface area contributed by atoms with Gasteiger partial charge in [-0.3, -0.25) is 27.9 Å². The largest absolute Gasteiger partial charge is 0.472 e. The number of nitrogens with two attached hydrogens (primary N) is 1. The van der Waals surface area contributed by atoms with Crippen LogP contribution in [0.5, 0.6) is 0 Å². The first-order valence-corrected chi connectivity index (χ1v) is 13.5. The number of nitrogens with zero attached hydrogens (tertiary/aromatic N) is 3. The molecule has 2 aromatic rings. The van der Waals surface area contributed by atoms with Gasteiger partial charge in [0.25, 0.3) is 5.56 Å². The van der Waals surface area contributed by atoms with Crippen molar-refractivity contribution in [2.45, 2.75) is 39.2 Å². The van der Waals surface area contributed by atoms with Gasteiger partial charge in [-0.1, -0.05) is 13.8 Å². The second kappa shape index (κ2) is 10.7. The lowest BCUT2D eigenvalue weighted by Crippen LogP contribution is -2.43. The van der Waals surface area contributed by atoms with Gasteiger partial charge in [-0.15, -0.1) is 0 Å². The lowest BCUT2D eigenvalue weighted by atomic mass is 9.70. The molecule has 1 fully saturated rings. The minimum Gasteiger partial charge on any atom is -0.369 e. The highest BCUT2D eigenvalue weighted by molar-refractivity contribution is 7.47. The number of phosphoric acid groups is 2. The van der Waals surface area contributed by atoms with Crippen molar-refractivity contribution in [1.82, 2.24) is 19.5 Å². The minimum absolute atomic E-state index is 0.0506. The number of hydrogen-bond acceptors (Lipinski definition) is 10. The Labute approximate surface area is 189 Å². The number of aromatic amines is 1. The molecule has 14 nitrogen and oxygen atoms in total. The molecule has 33 heavy (non-hydrogen) atoms. The van der Waals surface area contributed by atoms with Crippen molar-refractivity contribution in [2.24, 2.45) is 11.8 Å². The summed E-state index contributed by atoms with van der Waals surface area (Å²) in [5.74, 6) is -0.839. The van der Waals surface area contributed by atoms with Gasteiger partial charge in [-0.2, -0.15) is 4.98 Å². The van der Waals surface area contributed by atoms with Crippen molar-refractivity contribution in [3.8, 4) is 0 Å². The smallest absolute Gasteiger partial charge is 0.369 e. The molecule has 0 aromatic carbocycles. The van der Waals surface area contributed by atoms with Crippen LogP contribution in [0.1, 0.15) is 39.2 Å². The molecule has 0 aliphatic heterocycles.